The van der Waals surface area contributed by atoms with Crippen molar-refractivity contribution in [1.29, 1.82) is 0 Å². The van der Waals surface area contributed by atoms with Crippen LogP contribution in [0.15, 0.2) is 18.4 Å². The molecule has 0 radical (unpaired) electrons. The molecule has 4 heteroatoms. The molecule has 1 aliphatic heterocycles. The van der Waals surface area contributed by atoms with Gasteiger partial charge in [-0.25, -0.2) is 0 Å². The van der Waals surface area contributed by atoms with Gasteiger partial charge in [-0.3, -0.25) is 0 Å². The molecule has 0 spiro atoms. The zero-order chi connectivity index (χ0) is 14.5. The minimum atomic E-state index is -0.115. The van der Waals surface area contributed by atoms with Gasteiger partial charge in [0.05, 0.1) is 6.26 Å². The number of unbranched alkanes of at least 4 members (excludes halogenated alkanes) is 2. The summed E-state index contributed by atoms with van der Waals surface area (Å²) >= 11 is 0. The average Bonchev–Trinajstić information content (AvgIpc) is 2.82. The van der Waals surface area contributed by atoms with E-state index in [-0.39, 0.29) is 23.4 Å². The fourth-order valence-corrected chi connectivity index (χ4v) is 2.44. The summed E-state index contributed by atoms with van der Waals surface area (Å²) in [4.78, 5) is 0. The van der Waals surface area contributed by atoms with Crippen LogP contribution in [0.4, 0.5) is 0 Å². The van der Waals surface area contributed by atoms with Gasteiger partial charge in [0, 0.05) is 12.0 Å². The fourth-order valence-electron chi connectivity index (χ4n) is 2.44. The van der Waals surface area contributed by atoms with Crippen LogP contribution in [-0.4, -0.2) is 16.3 Å². The normalized spacial score (nSPS) is 17.2. The number of ether oxygens (including phenoxy) is 2. The quantitative estimate of drug-likeness (QED) is 0.612. The molecule has 0 bridgehead atoms. The molecule has 2 N–H and O–H groups in total. The Hall–Kier alpha value is -1.84. The summed E-state index contributed by atoms with van der Waals surface area (Å²) in [6, 6.07) is 1.62. The molecule has 1 aromatic rings. The molecular weight excluding hydrogens is 256 g/mol. The molecule has 0 saturated carbocycles. The van der Waals surface area contributed by atoms with Crippen molar-refractivity contribution in [2.45, 2.75) is 52.1 Å². The van der Waals surface area contributed by atoms with Crippen molar-refractivity contribution in [1.82, 2.24) is 0 Å². The lowest BCUT2D eigenvalue weighted by Gasteiger charge is -2.12. The van der Waals surface area contributed by atoms with Crippen LogP contribution in [0.3, 0.4) is 0 Å². The van der Waals surface area contributed by atoms with Crippen LogP contribution in [0.5, 0.6) is 23.0 Å². The van der Waals surface area contributed by atoms with Gasteiger partial charge in [0.25, 0.3) is 0 Å². The van der Waals surface area contributed by atoms with Gasteiger partial charge < -0.3 is 19.7 Å². The lowest BCUT2D eigenvalue weighted by molar-refractivity contribution is 0.208. The first-order valence-electron chi connectivity index (χ1n) is 7.19. The number of fused-ring (bicyclic) bond motifs is 1. The van der Waals surface area contributed by atoms with Gasteiger partial charge >= 0.3 is 0 Å². The van der Waals surface area contributed by atoms with E-state index in [0.717, 1.165) is 24.8 Å². The molecule has 1 heterocycles. The number of hydrogen-bond donors (Lipinski definition) is 2. The SMILES string of the molecule is CC=COc1c(O)cc2c(c1O)OC(CCCCC)C2. The summed E-state index contributed by atoms with van der Waals surface area (Å²) in [5.74, 6) is 0.327. The number of hydrogen-bond acceptors (Lipinski definition) is 4. The molecule has 2 rings (SSSR count). The van der Waals surface area contributed by atoms with E-state index in [4.69, 9.17) is 9.47 Å². The number of benzene rings is 1. The Bertz CT molecular complexity index is 494. The Morgan fingerprint density at radius 1 is 1.40 bits per heavy atom. The van der Waals surface area contributed by atoms with Crippen LogP contribution in [0.1, 0.15) is 45.1 Å². The maximum Gasteiger partial charge on any atom is 0.213 e. The Morgan fingerprint density at radius 2 is 2.20 bits per heavy atom. The van der Waals surface area contributed by atoms with Crippen LogP contribution in [0.25, 0.3) is 0 Å². The monoisotopic (exact) mass is 278 g/mol. The van der Waals surface area contributed by atoms with Crippen molar-refractivity contribution in [2.75, 3.05) is 0 Å². The molecule has 20 heavy (non-hydrogen) atoms. The maximum atomic E-state index is 10.2. The van der Waals surface area contributed by atoms with E-state index in [1.165, 1.54) is 19.1 Å². The van der Waals surface area contributed by atoms with E-state index >= 15 is 0 Å². The average molecular weight is 278 g/mol. The Labute approximate surface area is 119 Å². The zero-order valence-electron chi connectivity index (χ0n) is 12.1. The third-order valence-corrected chi connectivity index (χ3v) is 3.45. The Morgan fingerprint density at radius 3 is 2.90 bits per heavy atom. The second kappa shape index (κ2) is 6.55. The first-order valence-corrected chi connectivity index (χ1v) is 7.19. The predicted octanol–water partition coefficient (Wildman–Crippen LogP) is 3.89. The van der Waals surface area contributed by atoms with Gasteiger partial charge in [0.15, 0.2) is 11.5 Å². The van der Waals surface area contributed by atoms with Crippen molar-refractivity contribution in [3.63, 3.8) is 0 Å². The third kappa shape index (κ3) is 3.00. The second-order valence-corrected chi connectivity index (χ2v) is 5.09. The standard InChI is InChI=1S/C16H22O4/c1-3-5-6-7-12-9-11-10-13(17)16(19-8-4-2)14(18)15(11)20-12/h4,8,10,12,17-18H,3,5-7,9H2,1-2H3. The first kappa shape index (κ1) is 14.6. The summed E-state index contributed by atoms with van der Waals surface area (Å²) in [6.07, 6.45) is 8.34. The molecular formula is C16H22O4. The highest BCUT2D eigenvalue weighted by Crippen LogP contribution is 2.49. The third-order valence-electron chi connectivity index (χ3n) is 3.45. The lowest BCUT2D eigenvalue weighted by Crippen LogP contribution is -2.12. The molecule has 1 unspecified atom stereocenters. The van der Waals surface area contributed by atoms with Crippen molar-refractivity contribution >= 4 is 0 Å². The van der Waals surface area contributed by atoms with E-state index in [1.807, 2.05) is 0 Å². The van der Waals surface area contributed by atoms with Gasteiger partial charge in [0.2, 0.25) is 11.5 Å². The van der Waals surface area contributed by atoms with Gasteiger partial charge in [-0.2, -0.15) is 0 Å². The van der Waals surface area contributed by atoms with Gasteiger partial charge in [0.1, 0.15) is 6.10 Å². The number of allylic oxidation sites excluding steroid dienone is 1. The van der Waals surface area contributed by atoms with Crippen LogP contribution in [0, 0.1) is 0 Å². The number of phenols is 2. The maximum absolute atomic E-state index is 10.2. The van der Waals surface area contributed by atoms with Crippen LogP contribution < -0.4 is 9.47 Å². The number of aromatic hydroxyl groups is 2. The van der Waals surface area contributed by atoms with Gasteiger partial charge in [-0.05, 0) is 25.8 Å². The van der Waals surface area contributed by atoms with Gasteiger partial charge in [-0.15, -0.1) is 0 Å². The van der Waals surface area contributed by atoms with E-state index in [9.17, 15) is 10.2 Å². The largest absolute Gasteiger partial charge is 0.504 e. The molecule has 1 aromatic carbocycles. The zero-order valence-corrected chi connectivity index (χ0v) is 12.1. The first-order chi connectivity index (χ1) is 9.67. The molecule has 0 aliphatic carbocycles. The molecule has 0 saturated heterocycles. The summed E-state index contributed by atoms with van der Waals surface area (Å²) in [5.41, 5.74) is 0.842. The molecule has 0 fully saturated rings. The predicted molar refractivity (Wildman–Crippen MR) is 77.5 cm³/mol. The van der Waals surface area contributed by atoms with Crippen LogP contribution in [-0.2, 0) is 6.42 Å². The fraction of sp³-hybridized carbons (Fsp3) is 0.500. The summed E-state index contributed by atoms with van der Waals surface area (Å²) in [7, 11) is 0. The van der Waals surface area contributed by atoms with Crippen molar-refractivity contribution < 1.29 is 19.7 Å². The number of phenolic OH excluding ortho intramolecular Hbond substituents is 2. The Kier molecular flexibility index (Phi) is 4.77. The lowest BCUT2D eigenvalue weighted by atomic mass is 10.0. The summed E-state index contributed by atoms with van der Waals surface area (Å²) in [6.45, 7) is 3.96. The molecule has 4 nitrogen and oxygen atoms in total. The molecule has 0 amide bonds. The highest BCUT2D eigenvalue weighted by molar-refractivity contribution is 5.63. The molecule has 0 aromatic heterocycles. The molecule has 1 atom stereocenters. The van der Waals surface area contributed by atoms with E-state index in [1.54, 1.807) is 19.1 Å². The van der Waals surface area contributed by atoms with Crippen molar-refractivity contribution in [3.8, 4) is 23.0 Å². The molecule has 110 valence electrons. The highest BCUT2D eigenvalue weighted by Gasteiger charge is 2.29. The summed E-state index contributed by atoms with van der Waals surface area (Å²) in [5, 5.41) is 20.1. The smallest absolute Gasteiger partial charge is 0.213 e. The number of rotatable bonds is 6. The van der Waals surface area contributed by atoms with Crippen LogP contribution >= 0.6 is 0 Å². The Balaban J connectivity index is 2.13. The second-order valence-electron chi connectivity index (χ2n) is 5.09. The van der Waals surface area contributed by atoms with Crippen molar-refractivity contribution in [3.05, 3.63) is 24.0 Å². The van der Waals surface area contributed by atoms with Crippen molar-refractivity contribution in [2.24, 2.45) is 0 Å². The highest BCUT2D eigenvalue weighted by atomic mass is 16.5. The van der Waals surface area contributed by atoms with E-state index < -0.39 is 0 Å². The van der Waals surface area contributed by atoms with Crippen LogP contribution in [0.2, 0.25) is 0 Å². The van der Waals surface area contributed by atoms with E-state index in [2.05, 4.69) is 6.92 Å². The minimum absolute atomic E-state index is 0.0519. The van der Waals surface area contributed by atoms with E-state index in [0.29, 0.717) is 5.75 Å². The molecule has 1 aliphatic rings. The van der Waals surface area contributed by atoms with Gasteiger partial charge in [-0.1, -0.05) is 25.8 Å². The summed E-state index contributed by atoms with van der Waals surface area (Å²) < 4.78 is 11.0. The topological polar surface area (TPSA) is 58.9 Å². The minimum Gasteiger partial charge on any atom is -0.504 e.